The van der Waals surface area contributed by atoms with E-state index in [0.717, 1.165) is 11.8 Å². The lowest BCUT2D eigenvalue weighted by molar-refractivity contribution is 0.211. The highest BCUT2D eigenvalue weighted by molar-refractivity contribution is 5.85. The molecule has 1 aliphatic carbocycles. The van der Waals surface area contributed by atoms with Crippen LogP contribution in [0, 0.1) is 11.8 Å². The molecule has 2 nitrogen and oxygen atoms in total. The van der Waals surface area contributed by atoms with Crippen molar-refractivity contribution in [3.8, 4) is 0 Å². The average Bonchev–Trinajstić information content (AvgIpc) is 1.88. The first kappa shape index (κ1) is 15.0. The van der Waals surface area contributed by atoms with E-state index < -0.39 is 0 Å². The van der Waals surface area contributed by atoms with Crippen LogP contribution in [0.25, 0.3) is 0 Å². The SMILES string of the molecule is CC1CCCC(C)C1NN.Cl.Cl. The summed E-state index contributed by atoms with van der Waals surface area (Å²) in [5.74, 6) is 6.95. The number of hydrazine groups is 1. The molecular weight excluding hydrogens is 195 g/mol. The second-order valence-electron chi connectivity index (χ2n) is 3.58. The summed E-state index contributed by atoms with van der Waals surface area (Å²) in [6.07, 6.45) is 4.04. The van der Waals surface area contributed by atoms with Gasteiger partial charge in [0.05, 0.1) is 0 Å². The Bertz CT molecular complexity index is 101. The van der Waals surface area contributed by atoms with Gasteiger partial charge in [-0.05, 0) is 24.7 Å². The highest BCUT2D eigenvalue weighted by Crippen LogP contribution is 2.27. The first-order chi connectivity index (χ1) is 4.75. The summed E-state index contributed by atoms with van der Waals surface area (Å²) < 4.78 is 0. The number of nitrogens with two attached hydrogens (primary N) is 1. The Morgan fingerprint density at radius 2 is 1.50 bits per heavy atom. The van der Waals surface area contributed by atoms with E-state index in [4.69, 9.17) is 5.84 Å². The quantitative estimate of drug-likeness (QED) is 0.519. The van der Waals surface area contributed by atoms with Gasteiger partial charge in [0.25, 0.3) is 0 Å². The van der Waals surface area contributed by atoms with Crippen LogP contribution < -0.4 is 11.3 Å². The molecule has 4 heteroatoms. The molecule has 1 aliphatic rings. The van der Waals surface area contributed by atoms with Crippen molar-refractivity contribution in [2.45, 2.75) is 39.2 Å². The molecule has 12 heavy (non-hydrogen) atoms. The Morgan fingerprint density at radius 1 is 1.08 bits per heavy atom. The van der Waals surface area contributed by atoms with Crippen LogP contribution >= 0.6 is 24.8 Å². The third-order valence-electron chi connectivity index (χ3n) is 2.74. The molecule has 76 valence electrons. The molecule has 0 aromatic carbocycles. The van der Waals surface area contributed by atoms with Crippen LogP contribution in [0.3, 0.4) is 0 Å². The maximum atomic E-state index is 5.43. The second-order valence-corrected chi connectivity index (χ2v) is 3.58. The summed E-state index contributed by atoms with van der Waals surface area (Å²) in [6, 6.07) is 0.550. The monoisotopic (exact) mass is 214 g/mol. The Morgan fingerprint density at radius 3 is 1.75 bits per heavy atom. The van der Waals surface area contributed by atoms with E-state index in [1.54, 1.807) is 0 Å². The van der Waals surface area contributed by atoms with Gasteiger partial charge in [0.2, 0.25) is 0 Å². The third-order valence-corrected chi connectivity index (χ3v) is 2.74. The summed E-state index contributed by atoms with van der Waals surface area (Å²) in [4.78, 5) is 0. The van der Waals surface area contributed by atoms with Crippen molar-refractivity contribution in [3.63, 3.8) is 0 Å². The van der Waals surface area contributed by atoms with Gasteiger partial charge in [-0.15, -0.1) is 24.8 Å². The summed E-state index contributed by atoms with van der Waals surface area (Å²) in [5.41, 5.74) is 2.90. The van der Waals surface area contributed by atoms with Crippen molar-refractivity contribution < 1.29 is 0 Å². The molecule has 1 fully saturated rings. The number of rotatable bonds is 1. The van der Waals surface area contributed by atoms with Gasteiger partial charge < -0.3 is 0 Å². The largest absolute Gasteiger partial charge is 0.271 e. The average molecular weight is 215 g/mol. The minimum absolute atomic E-state index is 0. The number of halogens is 2. The van der Waals surface area contributed by atoms with E-state index in [-0.39, 0.29) is 24.8 Å². The lowest BCUT2D eigenvalue weighted by atomic mass is 9.79. The molecule has 2 unspecified atom stereocenters. The molecule has 2 atom stereocenters. The van der Waals surface area contributed by atoms with Gasteiger partial charge in [-0.25, -0.2) is 0 Å². The van der Waals surface area contributed by atoms with Crippen molar-refractivity contribution >= 4 is 24.8 Å². The topological polar surface area (TPSA) is 38.0 Å². The maximum Gasteiger partial charge on any atom is 0.0261 e. The number of hydrogen-bond acceptors (Lipinski definition) is 2. The summed E-state index contributed by atoms with van der Waals surface area (Å²) in [7, 11) is 0. The Hall–Kier alpha value is 0.500. The minimum Gasteiger partial charge on any atom is -0.271 e. The van der Waals surface area contributed by atoms with Crippen LogP contribution in [0.15, 0.2) is 0 Å². The Kier molecular flexibility index (Phi) is 8.69. The van der Waals surface area contributed by atoms with Gasteiger partial charge in [0.1, 0.15) is 0 Å². The van der Waals surface area contributed by atoms with Crippen molar-refractivity contribution in [1.82, 2.24) is 5.43 Å². The molecule has 0 radical (unpaired) electrons. The van der Waals surface area contributed by atoms with Crippen molar-refractivity contribution in [1.29, 1.82) is 0 Å². The zero-order valence-electron chi connectivity index (χ0n) is 7.75. The van der Waals surface area contributed by atoms with Crippen molar-refractivity contribution in [2.75, 3.05) is 0 Å². The van der Waals surface area contributed by atoms with E-state index in [2.05, 4.69) is 19.3 Å². The maximum absolute atomic E-state index is 5.43. The first-order valence-electron chi connectivity index (χ1n) is 4.22. The van der Waals surface area contributed by atoms with Gasteiger partial charge in [-0.2, -0.15) is 0 Å². The molecule has 0 bridgehead atoms. The lowest BCUT2D eigenvalue weighted by Gasteiger charge is -2.33. The van der Waals surface area contributed by atoms with Crippen molar-refractivity contribution in [3.05, 3.63) is 0 Å². The summed E-state index contributed by atoms with van der Waals surface area (Å²) in [5, 5.41) is 0. The summed E-state index contributed by atoms with van der Waals surface area (Å²) in [6.45, 7) is 4.56. The molecule has 3 N–H and O–H groups in total. The molecule has 0 saturated heterocycles. The fourth-order valence-electron chi connectivity index (χ4n) is 2.01. The van der Waals surface area contributed by atoms with Gasteiger partial charge >= 0.3 is 0 Å². The fourth-order valence-corrected chi connectivity index (χ4v) is 2.01. The zero-order chi connectivity index (χ0) is 7.56. The van der Waals surface area contributed by atoms with E-state index in [0.29, 0.717) is 6.04 Å². The standard InChI is InChI=1S/C8H18N2.2ClH/c1-6-4-3-5-7(2)8(6)10-9;;/h6-8,10H,3-5,9H2,1-2H3;2*1H. The minimum atomic E-state index is 0. The van der Waals surface area contributed by atoms with Crippen molar-refractivity contribution in [2.24, 2.45) is 17.7 Å². The molecule has 0 aromatic rings. The van der Waals surface area contributed by atoms with Gasteiger partial charge in [-0.1, -0.05) is 20.3 Å². The lowest BCUT2D eigenvalue weighted by Crippen LogP contribution is -2.46. The highest BCUT2D eigenvalue weighted by atomic mass is 35.5. The van der Waals surface area contributed by atoms with Crippen LogP contribution in [-0.4, -0.2) is 6.04 Å². The van der Waals surface area contributed by atoms with E-state index in [9.17, 15) is 0 Å². The molecule has 0 heterocycles. The Balaban J connectivity index is 0. The van der Waals surface area contributed by atoms with Crippen LogP contribution in [0.4, 0.5) is 0 Å². The zero-order valence-corrected chi connectivity index (χ0v) is 9.38. The molecule has 0 amide bonds. The molecular formula is C8H20Cl2N2. The number of nitrogens with one attached hydrogen (secondary N) is 1. The molecule has 0 aromatic heterocycles. The Labute approximate surface area is 87.5 Å². The van der Waals surface area contributed by atoms with E-state index in [1.807, 2.05) is 0 Å². The second kappa shape index (κ2) is 6.96. The number of hydrogen-bond donors (Lipinski definition) is 2. The highest BCUT2D eigenvalue weighted by Gasteiger charge is 2.25. The molecule has 1 saturated carbocycles. The van der Waals surface area contributed by atoms with Gasteiger partial charge in [-0.3, -0.25) is 11.3 Å². The molecule has 0 spiro atoms. The van der Waals surface area contributed by atoms with Gasteiger partial charge in [0, 0.05) is 6.04 Å². The smallest absolute Gasteiger partial charge is 0.0261 e. The van der Waals surface area contributed by atoms with E-state index in [1.165, 1.54) is 19.3 Å². The van der Waals surface area contributed by atoms with Crippen LogP contribution in [0.1, 0.15) is 33.1 Å². The van der Waals surface area contributed by atoms with Crippen LogP contribution in [0.2, 0.25) is 0 Å². The first-order valence-corrected chi connectivity index (χ1v) is 4.22. The van der Waals surface area contributed by atoms with E-state index >= 15 is 0 Å². The predicted molar refractivity (Wildman–Crippen MR) is 57.8 cm³/mol. The third kappa shape index (κ3) is 3.48. The molecule has 0 aliphatic heterocycles. The van der Waals surface area contributed by atoms with Crippen LogP contribution in [-0.2, 0) is 0 Å². The molecule has 1 rings (SSSR count). The van der Waals surface area contributed by atoms with Gasteiger partial charge in [0.15, 0.2) is 0 Å². The van der Waals surface area contributed by atoms with Crippen LogP contribution in [0.5, 0.6) is 0 Å². The summed E-state index contributed by atoms with van der Waals surface area (Å²) >= 11 is 0. The predicted octanol–water partition coefficient (Wildman–Crippen LogP) is 2.12. The normalized spacial score (nSPS) is 34.8. The fraction of sp³-hybridized carbons (Fsp3) is 1.00.